The third-order valence-electron chi connectivity index (χ3n) is 4.07. The van der Waals surface area contributed by atoms with E-state index in [1.807, 2.05) is 38.1 Å². The third-order valence-corrected chi connectivity index (χ3v) is 7.87. The van der Waals surface area contributed by atoms with Crippen LogP contribution in [0, 0.1) is 0 Å². The summed E-state index contributed by atoms with van der Waals surface area (Å²) in [7, 11) is -7.36. The van der Waals surface area contributed by atoms with Crippen LogP contribution in [0.4, 0.5) is 0 Å². The smallest absolute Gasteiger partial charge is 0.224 e. The van der Waals surface area contributed by atoms with Gasteiger partial charge in [-0.25, -0.2) is 16.8 Å². The fraction of sp³-hybridized carbons (Fsp3) is 0.333. The van der Waals surface area contributed by atoms with E-state index < -0.39 is 25.9 Å². The molecule has 142 valence electrons. The van der Waals surface area contributed by atoms with Gasteiger partial charge in [0.1, 0.15) is 0 Å². The summed E-state index contributed by atoms with van der Waals surface area (Å²) in [6.45, 7) is 4.06. The van der Waals surface area contributed by atoms with E-state index in [9.17, 15) is 16.8 Å². The van der Waals surface area contributed by atoms with Crippen LogP contribution in [0.5, 0.6) is 0 Å². The first-order chi connectivity index (χ1) is 12.1. The molecule has 1 unspecified atom stereocenters. The standard InChI is InChI=1S/C18H22BrNO4S2/c1-4-12-20(14(2)17-10-5-6-11-18(17)19)26(23,24)16-9-7-8-15(13-16)25(3,21)22/h5-11,13-14H,4,12H2,1-3H3. The van der Waals surface area contributed by atoms with Crippen molar-refractivity contribution in [3.63, 3.8) is 0 Å². The Morgan fingerprint density at radius 1 is 1.00 bits per heavy atom. The Morgan fingerprint density at radius 3 is 2.19 bits per heavy atom. The van der Waals surface area contributed by atoms with Crippen LogP contribution in [0.3, 0.4) is 0 Å². The van der Waals surface area contributed by atoms with Crippen LogP contribution < -0.4 is 0 Å². The van der Waals surface area contributed by atoms with Gasteiger partial charge in [-0.1, -0.05) is 47.1 Å². The molecule has 0 fully saturated rings. The second kappa shape index (κ2) is 8.21. The van der Waals surface area contributed by atoms with E-state index >= 15 is 0 Å². The zero-order chi connectivity index (χ0) is 19.5. The highest BCUT2D eigenvalue weighted by atomic mass is 79.9. The number of hydrogen-bond donors (Lipinski definition) is 0. The summed E-state index contributed by atoms with van der Waals surface area (Å²) >= 11 is 3.48. The summed E-state index contributed by atoms with van der Waals surface area (Å²) < 4.78 is 52.3. The fourth-order valence-corrected chi connectivity index (χ4v) is 5.82. The molecule has 0 radical (unpaired) electrons. The van der Waals surface area contributed by atoms with Crippen LogP contribution in [0.15, 0.2) is 62.8 Å². The minimum absolute atomic E-state index is 0.0106. The summed E-state index contributed by atoms with van der Waals surface area (Å²) in [6, 6.07) is 12.6. The number of rotatable bonds is 7. The number of sulfone groups is 1. The van der Waals surface area contributed by atoms with Crippen LogP contribution in [-0.2, 0) is 19.9 Å². The van der Waals surface area contributed by atoms with Gasteiger partial charge in [-0.15, -0.1) is 0 Å². The van der Waals surface area contributed by atoms with Crippen molar-refractivity contribution >= 4 is 35.8 Å². The highest BCUT2D eigenvalue weighted by molar-refractivity contribution is 9.10. The molecular weight excluding hydrogens is 438 g/mol. The molecule has 2 aromatic carbocycles. The van der Waals surface area contributed by atoms with Gasteiger partial charge in [0.2, 0.25) is 10.0 Å². The first-order valence-electron chi connectivity index (χ1n) is 8.15. The lowest BCUT2D eigenvalue weighted by molar-refractivity contribution is 0.341. The molecule has 0 aliphatic rings. The molecule has 0 aliphatic heterocycles. The highest BCUT2D eigenvalue weighted by Crippen LogP contribution is 2.32. The Kier molecular flexibility index (Phi) is 6.65. The summed E-state index contributed by atoms with van der Waals surface area (Å²) in [4.78, 5) is -0.0312. The van der Waals surface area contributed by atoms with Gasteiger partial charge in [0.25, 0.3) is 0 Å². The van der Waals surface area contributed by atoms with E-state index in [4.69, 9.17) is 0 Å². The molecule has 2 rings (SSSR count). The minimum atomic E-state index is -3.86. The molecule has 0 saturated heterocycles. The normalized spacial score (nSPS) is 13.7. The topological polar surface area (TPSA) is 71.5 Å². The quantitative estimate of drug-likeness (QED) is 0.626. The van der Waals surface area contributed by atoms with E-state index in [1.165, 1.54) is 28.6 Å². The van der Waals surface area contributed by atoms with Crippen molar-refractivity contribution in [1.29, 1.82) is 0 Å². The Labute approximate surface area is 164 Å². The second-order valence-corrected chi connectivity index (χ2v) is 10.8. The van der Waals surface area contributed by atoms with Crippen molar-refractivity contribution in [1.82, 2.24) is 4.31 Å². The first-order valence-corrected chi connectivity index (χ1v) is 12.3. The van der Waals surface area contributed by atoms with Gasteiger partial charge in [0, 0.05) is 23.3 Å². The summed E-state index contributed by atoms with van der Waals surface area (Å²) in [5.41, 5.74) is 0.851. The molecule has 0 aromatic heterocycles. The first kappa shape index (κ1) is 21.1. The van der Waals surface area contributed by atoms with Gasteiger partial charge in [-0.2, -0.15) is 4.31 Å². The molecule has 0 saturated carbocycles. The lowest BCUT2D eigenvalue weighted by Crippen LogP contribution is -2.34. The Hall–Kier alpha value is -1.22. The monoisotopic (exact) mass is 459 g/mol. The van der Waals surface area contributed by atoms with Gasteiger partial charge in [0.05, 0.1) is 9.79 Å². The summed E-state index contributed by atoms with van der Waals surface area (Å²) in [5, 5.41) is 0. The number of sulfonamides is 1. The number of benzene rings is 2. The second-order valence-electron chi connectivity index (χ2n) is 6.06. The Morgan fingerprint density at radius 2 is 1.62 bits per heavy atom. The van der Waals surface area contributed by atoms with Gasteiger partial charge in [0.15, 0.2) is 9.84 Å². The van der Waals surface area contributed by atoms with Gasteiger partial charge in [-0.3, -0.25) is 0 Å². The number of hydrogen-bond acceptors (Lipinski definition) is 4. The van der Waals surface area contributed by atoms with E-state index in [0.717, 1.165) is 16.3 Å². The maximum absolute atomic E-state index is 13.2. The number of halogens is 1. The maximum Gasteiger partial charge on any atom is 0.243 e. The molecule has 0 heterocycles. The molecule has 1 atom stereocenters. The molecule has 0 N–H and O–H groups in total. The van der Waals surface area contributed by atoms with Crippen molar-refractivity contribution in [2.45, 2.75) is 36.1 Å². The Balaban J connectivity index is 2.54. The lowest BCUT2D eigenvalue weighted by Gasteiger charge is -2.29. The molecule has 26 heavy (non-hydrogen) atoms. The zero-order valence-electron chi connectivity index (χ0n) is 14.9. The lowest BCUT2D eigenvalue weighted by atomic mass is 10.1. The van der Waals surface area contributed by atoms with E-state index in [0.29, 0.717) is 13.0 Å². The van der Waals surface area contributed by atoms with Crippen LogP contribution in [0.25, 0.3) is 0 Å². The van der Waals surface area contributed by atoms with Gasteiger partial charge >= 0.3 is 0 Å². The molecule has 0 spiro atoms. The summed E-state index contributed by atoms with van der Waals surface area (Å²) in [6.07, 6.45) is 1.70. The molecule has 5 nitrogen and oxygen atoms in total. The van der Waals surface area contributed by atoms with Crippen molar-refractivity contribution in [2.75, 3.05) is 12.8 Å². The molecule has 0 amide bonds. The van der Waals surface area contributed by atoms with E-state index in [-0.39, 0.29) is 9.79 Å². The molecule has 0 aliphatic carbocycles. The molecular formula is C18H22BrNO4S2. The van der Waals surface area contributed by atoms with Gasteiger partial charge in [-0.05, 0) is 43.2 Å². The molecule has 8 heteroatoms. The molecule has 2 aromatic rings. The Bertz CT molecular complexity index is 988. The van der Waals surface area contributed by atoms with Crippen molar-refractivity contribution in [3.05, 3.63) is 58.6 Å². The van der Waals surface area contributed by atoms with Crippen LogP contribution in [0.1, 0.15) is 31.9 Å². The predicted molar refractivity (Wildman–Crippen MR) is 106 cm³/mol. The largest absolute Gasteiger partial charge is 0.243 e. The summed E-state index contributed by atoms with van der Waals surface area (Å²) in [5.74, 6) is 0. The van der Waals surface area contributed by atoms with E-state index in [1.54, 1.807) is 0 Å². The van der Waals surface area contributed by atoms with Crippen LogP contribution in [0.2, 0.25) is 0 Å². The maximum atomic E-state index is 13.2. The number of nitrogens with zero attached hydrogens (tertiary/aromatic N) is 1. The van der Waals surface area contributed by atoms with Crippen LogP contribution >= 0.6 is 15.9 Å². The predicted octanol–water partition coefficient (Wildman–Crippen LogP) is 4.01. The third kappa shape index (κ3) is 4.54. The van der Waals surface area contributed by atoms with Gasteiger partial charge < -0.3 is 0 Å². The van der Waals surface area contributed by atoms with Crippen molar-refractivity contribution in [3.8, 4) is 0 Å². The van der Waals surface area contributed by atoms with Crippen molar-refractivity contribution in [2.24, 2.45) is 0 Å². The van der Waals surface area contributed by atoms with E-state index in [2.05, 4.69) is 15.9 Å². The van der Waals surface area contributed by atoms with Crippen LogP contribution in [-0.4, -0.2) is 33.9 Å². The van der Waals surface area contributed by atoms with Crippen molar-refractivity contribution < 1.29 is 16.8 Å². The minimum Gasteiger partial charge on any atom is -0.224 e. The average molecular weight is 460 g/mol. The average Bonchev–Trinajstić information content (AvgIpc) is 2.59. The fourth-order valence-electron chi connectivity index (χ4n) is 2.71. The SMILES string of the molecule is CCCN(C(C)c1ccccc1Br)S(=O)(=O)c1cccc(S(C)(=O)=O)c1. The molecule has 0 bridgehead atoms. The zero-order valence-corrected chi connectivity index (χ0v) is 18.1. The highest BCUT2D eigenvalue weighted by Gasteiger charge is 2.30.